The van der Waals surface area contributed by atoms with E-state index in [1.54, 1.807) is 0 Å². The maximum Gasteiger partial charge on any atom is 0.177 e. The Morgan fingerprint density at radius 1 is 1.18 bits per heavy atom. The molecule has 1 saturated carbocycles. The molecule has 1 aliphatic carbocycles. The van der Waals surface area contributed by atoms with Crippen LogP contribution in [0, 0.1) is 5.92 Å². The molecule has 1 aromatic heterocycles. The molecule has 1 N–H and O–H groups in total. The normalized spacial score (nSPS) is 30.9. The zero-order chi connectivity index (χ0) is 14.7. The largest absolute Gasteiger partial charge is 0.362 e. The summed E-state index contributed by atoms with van der Waals surface area (Å²) in [4.78, 5) is 2.55. The molecule has 5 heteroatoms. The van der Waals surface area contributed by atoms with Crippen molar-refractivity contribution in [3.63, 3.8) is 0 Å². The molecular weight excluding hydrogens is 298 g/mol. The van der Waals surface area contributed by atoms with Crippen LogP contribution in [0.2, 0.25) is 5.02 Å². The van der Waals surface area contributed by atoms with Gasteiger partial charge in [-0.05, 0) is 62.7 Å². The van der Waals surface area contributed by atoms with Crippen LogP contribution >= 0.6 is 11.6 Å². The fraction of sp³-hybridized carbons (Fsp3) is 0.588. The van der Waals surface area contributed by atoms with Gasteiger partial charge in [0.1, 0.15) is 0 Å². The maximum absolute atomic E-state index is 6.38. The molecule has 4 fully saturated rings. The molecule has 116 valence electrons. The lowest BCUT2D eigenvalue weighted by Crippen LogP contribution is -2.53. The number of piperidine rings is 3. The third-order valence-corrected chi connectivity index (χ3v) is 5.92. The molecule has 3 aliphatic heterocycles. The molecule has 0 unspecified atom stereocenters. The smallest absolute Gasteiger partial charge is 0.177 e. The highest BCUT2D eigenvalue weighted by atomic mass is 35.5. The average Bonchev–Trinajstić information content (AvgIpc) is 3.30. The Hall–Kier alpha value is -1.26. The number of hydrogen-bond donors (Lipinski definition) is 1. The summed E-state index contributed by atoms with van der Waals surface area (Å²) in [6.45, 7) is 3.63. The van der Waals surface area contributed by atoms with E-state index in [-0.39, 0.29) is 0 Å². The number of nitrogens with one attached hydrogen (secondary N) is 1. The van der Waals surface area contributed by atoms with Crippen molar-refractivity contribution in [1.82, 2.24) is 10.1 Å². The minimum atomic E-state index is 0.496. The van der Waals surface area contributed by atoms with Gasteiger partial charge in [-0.2, -0.15) is 0 Å². The first-order valence-corrected chi connectivity index (χ1v) is 8.74. The summed E-state index contributed by atoms with van der Waals surface area (Å²) in [6, 6.07) is 4.54. The SMILES string of the molecule is Clc1ccc2c(N[C@H]3CN4CCC3CC4)noc2c1C1CC1. The van der Waals surface area contributed by atoms with Crippen LogP contribution in [0.25, 0.3) is 11.0 Å². The number of nitrogens with zero attached hydrogens (tertiary/aromatic N) is 2. The lowest BCUT2D eigenvalue weighted by Gasteiger charge is -2.44. The van der Waals surface area contributed by atoms with E-state index in [0.29, 0.717) is 12.0 Å². The summed E-state index contributed by atoms with van der Waals surface area (Å²) in [6.07, 6.45) is 5.02. The van der Waals surface area contributed by atoms with Gasteiger partial charge >= 0.3 is 0 Å². The minimum absolute atomic E-state index is 0.496. The van der Waals surface area contributed by atoms with Gasteiger partial charge < -0.3 is 14.7 Å². The van der Waals surface area contributed by atoms with E-state index in [1.807, 2.05) is 12.1 Å². The van der Waals surface area contributed by atoms with Crippen molar-refractivity contribution in [3.05, 3.63) is 22.7 Å². The molecule has 4 aliphatic rings. The molecule has 0 spiro atoms. The number of rotatable bonds is 3. The Bertz CT molecular complexity index is 716. The van der Waals surface area contributed by atoms with E-state index in [1.165, 1.54) is 38.8 Å². The maximum atomic E-state index is 6.38. The summed E-state index contributed by atoms with van der Waals surface area (Å²) in [7, 11) is 0. The van der Waals surface area contributed by atoms with Crippen LogP contribution in [0.4, 0.5) is 5.82 Å². The van der Waals surface area contributed by atoms with Gasteiger partial charge in [0.15, 0.2) is 11.4 Å². The zero-order valence-electron chi connectivity index (χ0n) is 12.5. The van der Waals surface area contributed by atoms with Crippen LogP contribution in [0.15, 0.2) is 16.7 Å². The quantitative estimate of drug-likeness (QED) is 0.933. The van der Waals surface area contributed by atoms with Gasteiger partial charge in [0.05, 0.1) is 5.39 Å². The third kappa shape index (κ3) is 2.04. The van der Waals surface area contributed by atoms with Crippen LogP contribution in [-0.2, 0) is 0 Å². The molecule has 4 heterocycles. The van der Waals surface area contributed by atoms with Crippen LogP contribution in [0.5, 0.6) is 0 Å². The molecule has 6 rings (SSSR count). The first-order valence-electron chi connectivity index (χ1n) is 8.36. The van der Waals surface area contributed by atoms with Crippen molar-refractivity contribution in [2.24, 2.45) is 5.92 Å². The van der Waals surface area contributed by atoms with E-state index in [0.717, 1.165) is 39.8 Å². The monoisotopic (exact) mass is 317 g/mol. The highest BCUT2D eigenvalue weighted by Gasteiger charge is 2.35. The number of anilines is 1. The standard InChI is InChI=1S/C17H20ClN3O/c18-13-4-3-12-16(15(13)11-1-2-11)22-20-17(12)19-14-9-21-7-5-10(14)6-8-21/h3-4,10-11,14H,1-2,5-9H2,(H,19,20)/t14-/m0/s1. The highest BCUT2D eigenvalue weighted by molar-refractivity contribution is 6.32. The molecule has 2 aromatic rings. The van der Waals surface area contributed by atoms with Gasteiger partial charge in [0.2, 0.25) is 0 Å². The Kier molecular flexibility index (Phi) is 2.92. The predicted molar refractivity (Wildman–Crippen MR) is 87.6 cm³/mol. The first-order chi connectivity index (χ1) is 10.8. The Labute approximate surface area is 134 Å². The second-order valence-corrected chi connectivity index (χ2v) is 7.44. The molecule has 0 amide bonds. The minimum Gasteiger partial charge on any atom is -0.362 e. The van der Waals surface area contributed by atoms with Crippen LogP contribution < -0.4 is 5.32 Å². The number of halogens is 1. The molecule has 3 saturated heterocycles. The van der Waals surface area contributed by atoms with Gasteiger partial charge in [-0.25, -0.2) is 0 Å². The summed E-state index contributed by atoms with van der Waals surface area (Å²) in [5.41, 5.74) is 2.05. The molecule has 22 heavy (non-hydrogen) atoms. The molecule has 2 bridgehead atoms. The van der Waals surface area contributed by atoms with Gasteiger partial charge in [-0.1, -0.05) is 16.8 Å². The van der Waals surface area contributed by atoms with Crippen molar-refractivity contribution < 1.29 is 4.52 Å². The van der Waals surface area contributed by atoms with E-state index in [9.17, 15) is 0 Å². The molecule has 1 aromatic carbocycles. The van der Waals surface area contributed by atoms with Crippen molar-refractivity contribution >= 4 is 28.4 Å². The molecule has 4 nitrogen and oxygen atoms in total. The van der Waals surface area contributed by atoms with Crippen molar-refractivity contribution in [1.29, 1.82) is 0 Å². The topological polar surface area (TPSA) is 41.3 Å². The Morgan fingerprint density at radius 3 is 2.68 bits per heavy atom. The van der Waals surface area contributed by atoms with Gasteiger partial charge in [-0.3, -0.25) is 0 Å². The predicted octanol–water partition coefficient (Wildman–Crippen LogP) is 3.86. The Balaban J connectivity index is 1.49. The second kappa shape index (κ2) is 4.87. The van der Waals surface area contributed by atoms with Gasteiger partial charge in [0, 0.05) is 23.2 Å². The molecule has 1 atom stereocenters. The van der Waals surface area contributed by atoms with E-state index < -0.39 is 0 Å². The summed E-state index contributed by atoms with van der Waals surface area (Å²) < 4.78 is 5.67. The molecular formula is C17H20ClN3O. The third-order valence-electron chi connectivity index (χ3n) is 5.59. The summed E-state index contributed by atoms with van der Waals surface area (Å²) >= 11 is 6.38. The average molecular weight is 318 g/mol. The van der Waals surface area contributed by atoms with Gasteiger partial charge in [-0.15, -0.1) is 0 Å². The lowest BCUT2D eigenvalue weighted by atomic mass is 9.84. The van der Waals surface area contributed by atoms with Crippen LogP contribution in [0.3, 0.4) is 0 Å². The Morgan fingerprint density at radius 2 is 2.00 bits per heavy atom. The summed E-state index contributed by atoms with van der Waals surface area (Å²) in [5.74, 6) is 2.23. The van der Waals surface area contributed by atoms with Crippen molar-refractivity contribution in [2.45, 2.75) is 37.6 Å². The fourth-order valence-corrected chi connectivity index (χ4v) is 4.46. The second-order valence-electron chi connectivity index (χ2n) is 7.03. The van der Waals surface area contributed by atoms with E-state index in [2.05, 4.69) is 15.4 Å². The number of benzene rings is 1. The fourth-order valence-electron chi connectivity index (χ4n) is 4.16. The summed E-state index contributed by atoms with van der Waals surface area (Å²) in [5, 5.41) is 9.88. The van der Waals surface area contributed by atoms with Gasteiger partial charge in [0.25, 0.3) is 0 Å². The van der Waals surface area contributed by atoms with E-state index in [4.69, 9.17) is 16.1 Å². The lowest BCUT2D eigenvalue weighted by molar-refractivity contribution is 0.0973. The first kappa shape index (κ1) is 13.2. The van der Waals surface area contributed by atoms with Crippen molar-refractivity contribution in [2.75, 3.05) is 25.0 Å². The van der Waals surface area contributed by atoms with Crippen molar-refractivity contribution in [3.8, 4) is 0 Å². The highest BCUT2D eigenvalue weighted by Crippen LogP contribution is 2.47. The number of aromatic nitrogens is 1. The van der Waals surface area contributed by atoms with E-state index >= 15 is 0 Å². The van der Waals surface area contributed by atoms with Crippen LogP contribution in [-0.4, -0.2) is 35.7 Å². The number of hydrogen-bond acceptors (Lipinski definition) is 4. The molecule has 0 radical (unpaired) electrons. The zero-order valence-corrected chi connectivity index (χ0v) is 13.3. The number of fused-ring (bicyclic) bond motifs is 4. The van der Waals surface area contributed by atoms with Crippen LogP contribution in [0.1, 0.15) is 37.2 Å².